The normalized spacial score (nSPS) is 10.9. The Morgan fingerprint density at radius 2 is 2.06 bits per heavy atom. The number of hydrogen-bond acceptors (Lipinski definition) is 2. The minimum Gasteiger partial charge on any atom is -0.396 e. The second-order valence-electron chi connectivity index (χ2n) is 4.48. The molecule has 1 aromatic heterocycles. The van der Waals surface area contributed by atoms with E-state index in [1.165, 1.54) is 5.56 Å². The van der Waals surface area contributed by atoms with E-state index in [-0.39, 0.29) is 11.5 Å². The summed E-state index contributed by atoms with van der Waals surface area (Å²) >= 11 is 0. The molecule has 0 bridgehead atoms. The van der Waals surface area contributed by atoms with Crippen LogP contribution in [-0.2, 0) is 13.0 Å². The summed E-state index contributed by atoms with van der Waals surface area (Å²) < 4.78 is 15.7. The van der Waals surface area contributed by atoms with Gasteiger partial charge >= 0.3 is 0 Å². The molecule has 96 valence electrons. The average Bonchev–Trinajstić information content (AvgIpc) is 2.60. The second-order valence-corrected chi connectivity index (χ2v) is 4.48. The first-order valence-corrected chi connectivity index (χ1v) is 6.10. The summed E-state index contributed by atoms with van der Waals surface area (Å²) in [6.45, 7) is 6.52. The van der Waals surface area contributed by atoms with E-state index in [0.717, 1.165) is 17.8 Å². The Balaban J connectivity index is 2.37. The van der Waals surface area contributed by atoms with Gasteiger partial charge in [0.05, 0.1) is 17.9 Å². The van der Waals surface area contributed by atoms with Crippen LogP contribution in [0.1, 0.15) is 29.4 Å². The highest BCUT2D eigenvalue weighted by molar-refractivity contribution is 5.43. The van der Waals surface area contributed by atoms with E-state index >= 15 is 0 Å². The van der Waals surface area contributed by atoms with Crippen LogP contribution in [0.2, 0.25) is 0 Å². The lowest BCUT2D eigenvalue weighted by Crippen LogP contribution is -2.07. The Bertz CT molecular complexity index is 573. The SMILES string of the molecule is CCc1c(C)nn(Cc2cccc(N)c2F)c1C. The molecule has 0 amide bonds. The smallest absolute Gasteiger partial charge is 0.151 e. The third kappa shape index (κ3) is 2.10. The number of nitrogens with zero attached hydrogens (tertiary/aromatic N) is 2. The molecule has 4 heteroatoms. The minimum atomic E-state index is -0.344. The molecule has 0 atom stereocenters. The standard InChI is InChI=1S/C14H18FN3/c1-4-12-9(2)17-18(10(12)3)8-11-6-5-7-13(16)14(11)15/h5-7H,4,8,16H2,1-3H3. The molecule has 0 radical (unpaired) electrons. The summed E-state index contributed by atoms with van der Waals surface area (Å²) in [6.07, 6.45) is 0.942. The quantitative estimate of drug-likeness (QED) is 0.847. The van der Waals surface area contributed by atoms with Crippen molar-refractivity contribution in [1.29, 1.82) is 0 Å². The molecular weight excluding hydrogens is 229 g/mol. The summed E-state index contributed by atoms with van der Waals surface area (Å²) in [6, 6.07) is 5.07. The van der Waals surface area contributed by atoms with Gasteiger partial charge in [0.1, 0.15) is 0 Å². The predicted molar refractivity (Wildman–Crippen MR) is 71.0 cm³/mol. The van der Waals surface area contributed by atoms with E-state index in [9.17, 15) is 4.39 Å². The van der Waals surface area contributed by atoms with Gasteiger partial charge in [0.2, 0.25) is 0 Å². The summed E-state index contributed by atoms with van der Waals surface area (Å²) in [5, 5.41) is 4.46. The molecule has 18 heavy (non-hydrogen) atoms. The number of rotatable bonds is 3. The highest BCUT2D eigenvalue weighted by atomic mass is 19.1. The molecule has 0 saturated heterocycles. The van der Waals surface area contributed by atoms with Gasteiger partial charge in [-0.15, -0.1) is 0 Å². The van der Waals surface area contributed by atoms with Crippen LogP contribution in [0, 0.1) is 19.7 Å². The lowest BCUT2D eigenvalue weighted by Gasteiger charge is -2.07. The molecule has 0 unspecified atom stereocenters. The van der Waals surface area contributed by atoms with Crippen LogP contribution in [0.15, 0.2) is 18.2 Å². The minimum absolute atomic E-state index is 0.185. The van der Waals surface area contributed by atoms with Crippen molar-refractivity contribution >= 4 is 5.69 Å². The molecule has 1 aromatic carbocycles. The lowest BCUT2D eigenvalue weighted by atomic mass is 10.1. The first kappa shape index (κ1) is 12.6. The highest BCUT2D eigenvalue weighted by Crippen LogP contribution is 2.19. The van der Waals surface area contributed by atoms with Crippen molar-refractivity contribution in [2.75, 3.05) is 5.73 Å². The van der Waals surface area contributed by atoms with Crippen LogP contribution in [0.25, 0.3) is 0 Å². The number of halogens is 1. The fourth-order valence-corrected chi connectivity index (χ4v) is 2.28. The third-order valence-electron chi connectivity index (χ3n) is 3.31. The Morgan fingerprint density at radius 1 is 1.33 bits per heavy atom. The zero-order valence-electron chi connectivity index (χ0n) is 11.0. The molecule has 2 aromatic rings. The molecule has 0 spiro atoms. The van der Waals surface area contributed by atoms with Crippen LogP contribution in [0.4, 0.5) is 10.1 Å². The first-order valence-electron chi connectivity index (χ1n) is 6.10. The van der Waals surface area contributed by atoms with Gasteiger partial charge in [0, 0.05) is 11.3 Å². The molecule has 0 fully saturated rings. The zero-order valence-corrected chi connectivity index (χ0v) is 11.0. The van der Waals surface area contributed by atoms with Crippen LogP contribution >= 0.6 is 0 Å². The first-order chi connectivity index (χ1) is 8.54. The molecule has 3 nitrogen and oxygen atoms in total. The monoisotopic (exact) mass is 247 g/mol. The maximum atomic E-state index is 13.8. The maximum Gasteiger partial charge on any atom is 0.151 e. The van der Waals surface area contributed by atoms with Gasteiger partial charge < -0.3 is 5.73 Å². The third-order valence-corrected chi connectivity index (χ3v) is 3.31. The number of aromatic nitrogens is 2. The number of nitrogen functional groups attached to an aromatic ring is 1. The van der Waals surface area contributed by atoms with Gasteiger partial charge in [-0.3, -0.25) is 4.68 Å². The largest absolute Gasteiger partial charge is 0.396 e. The maximum absolute atomic E-state index is 13.8. The number of aryl methyl sites for hydroxylation is 1. The Hall–Kier alpha value is -1.84. The summed E-state index contributed by atoms with van der Waals surface area (Å²) in [5.74, 6) is -0.344. The Kier molecular flexibility index (Phi) is 3.36. The summed E-state index contributed by atoms with van der Waals surface area (Å²) in [4.78, 5) is 0. The Morgan fingerprint density at radius 3 is 2.67 bits per heavy atom. The van der Waals surface area contributed by atoms with Gasteiger partial charge in [-0.05, 0) is 31.9 Å². The molecule has 2 rings (SSSR count). The summed E-state index contributed by atoms with van der Waals surface area (Å²) in [5.41, 5.74) is 9.67. The van der Waals surface area contributed by atoms with Crippen molar-refractivity contribution in [3.05, 3.63) is 46.5 Å². The van der Waals surface area contributed by atoms with Gasteiger partial charge in [0.25, 0.3) is 0 Å². The van der Waals surface area contributed by atoms with E-state index in [1.807, 2.05) is 18.5 Å². The fraction of sp³-hybridized carbons (Fsp3) is 0.357. The van der Waals surface area contributed by atoms with Crippen LogP contribution < -0.4 is 5.73 Å². The average molecular weight is 247 g/mol. The zero-order chi connectivity index (χ0) is 13.3. The van der Waals surface area contributed by atoms with Gasteiger partial charge in [0.15, 0.2) is 5.82 Å². The summed E-state index contributed by atoms with van der Waals surface area (Å²) in [7, 11) is 0. The van der Waals surface area contributed by atoms with E-state index in [4.69, 9.17) is 5.73 Å². The van der Waals surface area contributed by atoms with Gasteiger partial charge in [-0.1, -0.05) is 19.1 Å². The fourth-order valence-electron chi connectivity index (χ4n) is 2.28. The van der Waals surface area contributed by atoms with Crippen LogP contribution in [0.3, 0.4) is 0 Å². The van der Waals surface area contributed by atoms with Crippen molar-refractivity contribution < 1.29 is 4.39 Å². The number of benzene rings is 1. The lowest BCUT2D eigenvalue weighted by molar-refractivity contribution is 0.582. The molecule has 1 heterocycles. The van der Waals surface area contributed by atoms with Crippen LogP contribution in [0.5, 0.6) is 0 Å². The van der Waals surface area contributed by atoms with Crippen molar-refractivity contribution in [2.24, 2.45) is 0 Å². The highest BCUT2D eigenvalue weighted by Gasteiger charge is 2.12. The van der Waals surface area contributed by atoms with Gasteiger partial charge in [-0.2, -0.15) is 5.10 Å². The van der Waals surface area contributed by atoms with Crippen molar-refractivity contribution in [1.82, 2.24) is 9.78 Å². The predicted octanol–water partition coefficient (Wildman–Crippen LogP) is 2.83. The van der Waals surface area contributed by atoms with E-state index in [1.54, 1.807) is 18.2 Å². The van der Waals surface area contributed by atoms with Crippen LogP contribution in [-0.4, -0.2) is 9.78 Å². The van der Waals surface area contributed by atoms with E-state index in [2.05, 4.69) is 12.0 Å². The Labute approximate surface area is 106 Å². The van der Waals surface area contributed by atoms with Gasteiger partial charge in [-0.25, -0.2) is 4.39 Å². The second kappa shape index (κ2) is 4.80. The number of anilines is 1. The molecule has 0 aliphatic rings. The molecular formula is C14H18FN3. The molecule has 0 saturated carbocycles. The van der Waals surface area contributed by atoms with Crippen molar-refractivity contribution in [3.8, 4) is 0 Å². The molecule has 2 N–H and O–H groups in total. The van der Waals surface area contributed by atoms with Crippen molar-refractivity contribution in [3.63, 3.8) is 0 Å². The molecule has 0 aliphatic heterocycles. The van der Waals surface area contributed by atoms with E-state index in [0.29, 0.717) is 12.1 Å². The number of nitrogens with two attached hydrogens (primary N) is 1. The topological polar surface area (TPSA) is 43.8 Å². The van der Waals surface area contributed by atoms with Crippen molar-refractivity contribution in [2.45, 2.75) is 33.7 Å². The molecule has 0 aliphatic carbocycles. The van der Waals surface area contributed by atoms with E-state index < -0.39 is 0 Å². The number of hydrogen-bond donors (Lipinski definition) is 1.